The molecule has 2 N–H and O–H groups in total. The van der Waals surface area contributed by atoms with Crippen LogP contribution in [0.25, 0.3) is 0 Å². The number of hydrogen-bond acceptors (Lipinski definition) is 3. The van der Waals surface area contributed by atoms with Gasteiger partial charge >= 0.3 is 0 Å². The number of rotatable bonds is 4. The van der Waals surface area contributed by atoms with Crippen molar-refractivity contribution in [1.29, 1.82) is 0 Å². The summed E-state index contributed by atoms with van der Waals surface area (Å²) < 4.78 is 25.8. The second-order valence-electron chi connectivity index (χ2n) is 4.09. The fourth-order valence-corrected chi connectivity index (χ4v) is 2.49. The molecule has 1 aromatic carbocycles. The van der Waals surface area contributed by atoms with E-state index in [-0.39, 0.29) is 11.4 Å². The van der Waals surface area contributed by atoms with E-state index in [1.165, 1.54) is 26.0 Å². The molecular weight excluding hydrogens is 250 g/mol. The zero-order chi connectivity index (χ0) is 12.4. The highest BCUT2D eigenvalue weighted by Crippen LogP contribution is 2.15. The summed E-state index contributed by atoms with van der Waals surface area (Å²) in [6.45, 7) is 2.99. The number of hydrogen-bond donors (Lipinski definition) is 2. The highest BCUT2D eigenvalue weighted by molar-refractivity contribution is 7.89. The molecule has 4 nitrogen and oxygen atoms in total. The van der Waals surface area contributed by atoms with Crippen molar-refractivity contribution < 1.29 is 13.5 Å². The maximum Gasteiger partial charge on any atom is 0.240 e. The number of benzene rings is 1. The van der Waals surface area contributed by atoms with Gasteiger partial charge in [-0.2, -0.15) is 0 Å². The first-order valence-electron chi connectivity index (χ1n) is 4.68. The molecule has 0 radical (unpaired) electrons. The Morgan fingerprint density at radius 2 is 2.06 bits per heavy atom. The molecule has 1 rings (SSSR count). The molecule has 6 heteroatoms. The van der Waals surface area contributed by atoms with Crippen LogP contribution in [0, 0.1) is 0 Å². The number of halogens is 1. The summed E-state index contributed by atoms with van der Waals surface area (Å²) in [4.78, 5) is 0.0873. The lowest BCUT2D eigenvalue weighted by atomic mass is 10.1. The van der Waals surface area contributed by atoms with E-state index in [4.69, 9.17) is 11.6 Å². The maximum atomic E-state index is 11.8. The van der Waals surface area contributed by atoms with Crippen LogP contribution in [0.4, 0.5) is 0 Å². The number of aliphatic hydroxyl groups is 1. The van der Waals surface area contributed by atoms with Crippen molar-refractivity contribution in [3.8, 4) is 0 Å². The zero-order valence-corrected chi connectivity index (χ0v) is 10.6. The van der Waals surface area contributed by atoms with E-state index in [9.17, 15) is 13.5 Å². The Kier molecular flexibility index (Phi) is 3.96. The van der Waals surface area contributed by atoms with E-state index >= 15 is 0 Å². The minimum atomic E-state index is -3.61. The van der Waals surface area contributed by atoms with Gasteiger partial charge in [-0.3, -0.25) is 0 Å². The van der Waals surface area contributed by atoms with E-state index < -0.39 is 15.6 Å². The Morgan fingerprint density at radius 1 is 1.44 bits per heavy atom. The van der Waals surface area contributed by atoms with E-state index in [1.54, 1.807) is 12.1 Å². The predicted octanol–water partition coefficient (Wildman–Crippen LogP) is 1.39. The van der Waals surface area contributed by atoms with Crippen molar-refractivity contribution in [2.45, 2.75) is 24.3 Å². The maximum absolute atomic E-state index is 11.8. The van der Waals surface area contributed by atoms with Gasteiger partial charge in [0, 0.05) is 11.6 Å². The molecule has 0 aliphatic carbocycles. The van der Waals surface area contributed by atoms with Crippen molar-refractivity contribution >= 4 is 21.6 Å². The molecule has 0 aliphatic heterocycles. The second kappa shape index (κ2) is 4.71. The average Bonchev–Trinajstić information content (AvgIpc) is 2.14. The van der Waals surface area contributed by atoms with E-state index in [0.29, 0.717) is 5.02 Å². The molecule has 90 valence electrons. The first kappa shape index (κ1) is 13.4. The van der Waals surface area contributed by atoms with Crippen LogP contribution >= 0.6 is 11.6 Å². The Labute approximate surface area is 100 Å². The van der Waals surface area contributed by atoms with Gasteiger partial charge in [-0.15, -0.1) is 0 Å². The van der Waals surface area contributed by atoms with Crippen LogP contribution in [0.1, 0.15) is 13.8 Å². The summed E-state index contributed by atoms with van der Waals surface area (Å²) >= 11 is 5.70. The van der Waals surface area contributed by atoms with Crippen molar-refractivity contribution in [3.63, 3.8) is 0 Å². The first-order chi connectivity index (χ1) is 7.21. The molecule has 0 spiro atoms. The number of sulfonamides is 1. The molecule has 0 atom stereocenters. The third-order valence-corrected chi connectivity index (χ3v) is 3.44. The first-order valence-corrected chi connectivity index (χ1v) is 6.54. The lowest BCUT2D eigenvalue weighted by Crippen LogP contribution is -2.38. The molecule has 0 saturated heterocycles. The van der Waals surface area contributed by atoms with Gasteiger partial charge in [-0.25, -0.2) is 13.1 Å². The van der Waals surface area contributed by atoms with Gasteiger partial charge in [-0.05, 0) is 32.0 Å². The normalized spacial score (nSPS) is 12.8. The van der Waals surface area contributed by atoms with Crippen LogP contribution in [0.3, 0.4) is 0 Å². The van der Waals surface area contributed by atoms with Gasteiger partial charge in [-0.1, -0.05) is 17.7 Å². The van der Waals surface area contributed by atoms with Gasteiger partial charge in [0.2, 0.25) is 10.0 Å². The average molecular weight is 264 g/mol. The van der Waals surface area contributed by atoms with Crippen molar-refractivity contribution in [2.24, 2.45) is 0 Å². The Hall–Kier alpha value is -0.620. The fourth-order valence-electron chi connectivity index (χ4n) is 0.989. The second-order valence-corrected chi connectivity index (χ2v) is 6.30. The Balaban J connectivity index is 2.87. The molecule has 0 heterocycles. The monoisotopic (exact) mass is 263 g/mol. The van der Waals surface area contributed by atoms with Crippen molar-refractivity contribution in [2.75, 3.05) is 6.54 Å². The van der Waals surface area contributed by atoms with Crippen molar-refractivity contribution in [3.05, 3.63) is 29.3 Å². The summed E-state index contributed by atoms with van der Waals surface area (Å²) in [7, 11) is -3.61. The third-order valence-electron chi connectivity index (χ3n) is 1.80. The standard InChI is InChI=1S/C10H14ClNO3S/c1-10(2,13)7-12-16(14,15)9-5-3-4-8(11)6-9/h3-6,12-13H,7H2,1-2H3. The molecular formula is C10H14ClNO3S. The minimum absolute atomic E-state index is 0.0537. The van der Waals surface area contributed by atoms with Crippen molar-refractivity contribution in [1.82, 2.24) is 4.72 Å². The molecule has 0 bridgehead atoms. The van der Waals surface area contributed by atoms with Gasteiger partial charge < -0.3 is 5.11 Å². The highest BCUT2D eigenvalue weighted by Gasteiger charge is 2.19. The van der Waals surface area contributed by atoms with E-state index in [0.717, 1.165) is 0 Å². The molecule has 1 aromatic rings. The lowest BCUT2D eigenvalue weighted by Gasteiger charge is -2.17. The fraction of sp³-hybridized carbons (Fsp3) is 0.400. The molecule has 16 heavy (non-hydrogen) atoms. The third kappa shape index (κ3) is 4.09. The molecule has 0 saturated carbocycles. The van der Waals surface area contributed by atoms with Crippen LogP contribution in [-0.2, 0) is 10.0 Å². The molecule has 0 unspecified atom stereocenters. The van der Waals surface area contributed by atoms with Crippen LogP contribution < -0.4 is 4.72 Å². The summed E-state index contributed by atoms with van der Waals surface area (Å²) in [6.07, 6.45) is 0. The van der Waals surface area contributed by atoms with Crippen LogP contribution in [0.2, 0.25) is 5.02 Å². The van der Waals surface area contributed by atoms with E-state index in [1.807, 2.05) is 0 Å². The van der Waals surface area contributed by atoms with Gasteiger partial charge in [0.25, 0.3) is 0 Å². The SMILES string of the molecule is CC(C)(O)CNS(=O)(=O)c1cccc(Cl)c1. The van der Waals surface area contributed by atoms with Crippen LogP contribution in [0.5, 0.6) is 0 Å². The van der Waals surface area contributed by atoms with Gasteiger partial charge in [0.15, 0.2) is 0 Å². The Morgan fingerprint density at radius 3 is 2.56 bits per heavy atom. The van der Waals surface area contributed by atoms with Crippen LogP contribution in [0.15, 0.2) is 29.2 Å². The molecule has 0 aromatic heterocycles. The summed E-state index contributed by atoms with van der Waals surface area (Å²) in [5, 5.41) is 9.78. The van der Waals surface area contributed by atoms with Crippen LogP contribution in [-0.4, -0.2) is 25.7 Å². The van der Waals surface area contributed by atoms with Gasteiger partial charge in [0.1, 0.15) is 0 Å². The molecule has 0 amide bonds. The predicted molar refractivity (Wildman–Crippen MR) is 62.9 cm³/mol. The van der Waals surface area contributed by atoms with Gasteiger partial charge in [0.05, 0.1) is 10.5 Å². The summed E-state index contributed by atoms with van der Waals surface area (Å²) in [6, 6.07) is 5.95. The summed E-state index contributed by atoms with van der Waals surface area (Å²) in [5.41, 5.74) is -1.09. The molecule has 0 aliphatic rings. The Bertz CT molecular complexity index is 465. The lowest BCUT2D eigenvalue weighted by molar-refractivity contribution is 0.0857. The topological polar surface area (TPSA) is 66.4 Å². The number of nitrogens with one attached hydrogen (secondary N) is 1. The minimum Gasteiger partial charge on any atom is -0.389 e. The molecule has 0 fully saturated rings. The summed E-state index contributed by atoms with van der Waals surface area (Å²) in [5.74, 6) is 0. The highest BCUT2D eigenvalue weighted by atomic mass is 35.5. The van der Waals surface area contributed by atoms with E-state index in [2.05, 4.69) is 4.72 Å². The smallest absolute Gasteiger partial charge is 0.240 e. The zero-order valence-electron chi connectivity index (χ0n) is 9.07. The quantitative estimate of drug-likeness (QED) is 0.863. The largest absolute Gasteiger partial charge is 0.389 e.